The van der Waals surface area contributed by atoms with Gasteiger partial charge in [0.1, 0.15) is 0 Å². The third kappa shape index (κ3) is 2.26. The molecule has 0 spiro atoms. The average Bonchev–Trinajstić information content (AvgIpc) is 2.16. The maximum atomic E-state index is 5.11. The molecule has 1 rings (SSSR count). The molecule has 0 aliphatic heterocycles. The number of hydrogen-bond donors (Lipinski definition) is 1. The molecular weight excluding hydrogens is 170 g/mol. The first kappa shape index (κ1) is 11.6. The fourth-order valence-corrected chi connectivity index (χ4v) is 1.02. The number of methoxy groups -OCH3 is 3. The summed E-state index contributed by atoms with van der Waals surface area (Å²) in [7, 11) is 4.77. The zero-order valence-corrected chi connectivity index (χ0v) is 8.16. The fourth-order valence-electron chi connectivity index (χ4n) is 1.02. The fraction of sp³-hybridized carbons (Fsp3) is 0.333. The Labute approximate surface area is 78.0 Å². The van der Waals surface area contributed by atoms with Crippen LogP contribution in [0.15, 0.2) is 18.2 Å². The van der Waals surface area contributed by atoms with Gasteiger partial charge in [-0.2, -0.15) is 0 Å². The molecule has 3 N–H and O–H groups in total. The average molecular weight is 185 g/mol. The Hall–Kier alpha value is -1.42. The van der Waals surface area contributed by atoms with Crippen LogP contribution in [0.1, 0.15) is 0 Å². The highest BCUT2D eigenvalue weighted by atomic mass is 16.5. The second kappa shape index (κ2) is 5.27. The Kier molecular flexibility index (Phi) is 4.69. The Balaban J connectivity index is 0.00000144. The normalized spacial score (nSPS) is 8.54. The first-order chi connectivity index (χ1) is 5.83. The van der Waals surface area contributed by atoms with E-state index in [1.165, 1.54) is 0 Å². The second-order valence-electron chi connectivity index (χ2n) is 2.20. The van der Waals surface area contributed by atoms with E-state index >= 15 is 0 Å². The van der Waals surface area contributed by atoms with Crippen molar-refractivity contribution in [2.24, 2.45) is 0 Å². The van der Waals surface area contributed by atoms with Gasteiger partial charge in [0.15, 0.2) is 11.5 Å². The van der Waals surface area contributed by atoms with Crippen LogP contribution in [0.2, 0.25) is 0 Å². The molecule has 0 bridgehead atoms. The Morgan fingerprint density at radius 3 is 1.62 bits per heavy atom. The van der Waals surface area contributed by atoms with Gasteiger partial charge in [-0.3, -0.25) is 0 Å². The van der Waals surface area contributed by atoms with Gasteiger partial charge in [-0.25, -0.2) is 0 Å². The van der Waals surface area contributed by atoms with Crippen molar-refractivity contribution in [2.45, 2.75) is 0 Å². The molecule has 13 heavy (non-hydrogen) atoms. The highest BCUT2D eigenvalue weighted by molar-refractivity contribution is 5.50. The Morgan fingerprint density at radius 1 is 0.846 bits per heavy atom. The van der Waals surface area contributed by atoms with Crippen molar-refractivity contribution in [2.75, 3.05) is 21.3 Å². The van der Waals surface area contributed by atoms with Crippen LogP contribution >= 0.6 is 0 Å². The molecule has 0 aliphatic carbocycles. The predicted octanol–water partition coefficient (Wildman–Crippen LogP) is 1.87. The molecule has 0 saturated carbocycles. The summed E-state index contributed by atoms with van der Waals surface area (Å²) < 4.78 is 15.3. The van der Waals surface area contributed by atoms with Crippen molar-refractivity contribution < 1.29 is 14.2 Å². The van der Waals surface area contributed by atoms with Gasteiger partial charge in [0.25, 0.3) is 0 Å². The van der Waals surface area contributed by atoms with Crippen molar-refractivity contribution >= 4 is 0 Å². The summed E-state index contributed by atoms with van der Waals surface area (Å²) in [6, 6.07) is 5.49. The molecule has 0 atom stereocenters. The standard InChI is InChI=1S/C9H12O3.H3N/c1-10-7-5-4-6-8(11-2)9(7)12-3;/h4-6H,1-3H3;1H3. The summed E-state index contributed by atoms with van der Waals surface area (Å²) in [5.41, 5.74) is 0. The van der Waals surface area contributed by atoms with E-state index in [1.54, 1.807) is 21.3 Å². The summed E-state index contributed by atoms with van der Waals surface area (Å²) in [4.78, 5) is 0. The zero-order valence-electron chi connectivity index (χ0n) is 8.16. The third-order valence-electron chi connectivity index (χ3n) is 1.59. The molecule has 0 radical (unpaired) electrons. The molecule has 4 heteroatoms. The zero-order chi connectivity index (χ0) is 8.97. The summed E-state index contributed by atoms with van der Waals surface area (Å²) in [6.45, 7) is 0. The molecule has 1 aromatic carbocycles. The van der Waals surface area contributed by atoms with E-state index in [9.17, 15) is 0 Å². The summed E-state index contributed by atoms with van der Waals surface area (Å²) >= 11 is 0. The van der Waals surface area contributed by atoms with E-state index in [-0.39, 0.29) is 6.15 Å². The maximum absolute atomic E-state index is 5.11. The molecule has 4 nitrogen and oxygen atoms in total. The lowest BCUT2D eigenvalue weighted by Gasteiger charge is -2.10. The van der Waals surface area contributed by atoms with Gasteiger partial charge in [0.2, 0.25) is 5.75 Å². The molecule has 0 fully saturated rings. The van der Waals surface area contributed by atoms with Gasteiger partial charge in [0.05, 0.1) is 21.3 Å². The van der Waals surface area contributed by atoms with E-state index < -0.39 is 0 Å². The lowest BCUT2D eigenvalue weighted by molar-refractivity contribution is 0.324. The number of benzene rings is 1. The lowest BCUT2D eigenvalue weighted by atomic mass is 10.3. The van der Waals surface area contributed by atoms with Crippen LogP contribution in [0, 0.1) is 0 Å². The number of ether oxygens (including phenoxy) is 3. The summed E-state index contributed by atoms with van der Waals surface area (Å²) in [5.74, 6) is 1.98. The van der Waals surface area contributed by atoms with Crippen molar-refractivity contribution in [3.05, 3.63) is 18.2 Å². The van der Waals surface area contributed by atoms with Gasteiger partial charge >= 0.3 is 0 Å². The van der Waals surface area contributed by atoms with E-state index in [0.29, 0.717) is 17.2 Å². The van der Waals surface area contributed by atoms with Crippen LogP contribution < -0.4 is 20.4 Å². The van der Waals surface area contributed by atoms with E-state index in [4.69, 9.17) is 14.2 Å². The minimum Gasteiger partial charge on any atom is -0.493 e. The molecule has 0 unspecified atom stereocenters. The lowest BCUT2D eigenvalue weighted by Crippen LogP contribution is -1.93. The molecule has 1 aromatic rings. The van der Waals surface area contributed by atoms with Gasteiger partial charge in [0, 0.05) is 0 Å². The van der Waals surface area contributed by atoms with Crippen molar-refractivity contribution in [3.8, 4) is 17.2 Å². The van der Waals surface area contributed by atoms with Crippen LogP contribution in [-0.4, -0.2) is 21.3 Å². The highest BCUT2D eigenvalue weighted by Crippen LogP contribution is 2.35. The minimum absolute atomic E-state index is 0. The van der Waals surface area contributed by atoms with Gasteiger partial charge in [-0.05, 0) is 12.1 Å². The molecular formula is C9H15NO3. The minimum atomic E-state index is 0. The van der Waals surface area contributed by atoms with Crippen LogP contribution in [-0.2, 0) is 0 Å². The van der Waals surface area contributed by atoms with E-state index in [2.05, 4.69) is 0 Å². The first-order valence-corrected chi connectivity index (χ1v) is 3.58. The van der Waals surface area contributed by atoms with E-state index in [0.717, 1.165) is 0 Å². The molecule has 74 valence electrons. The summed E-state index contributed by atoms with van der Waals surface area (Å²) in [6.07, 6.45) is 0. The summed E-state index contributed by atoms with van der Waals surface area (Å²) in [5, 5.41) is 0. The van der Waals surface area contributed by atoms with Crippen LogP contribution in [0.3, 0.4) is 0 Å². The largest absolute Gasteiger partial charge is 0.493 e. The van der Waals surface area contributed by atoms with Crippen molar-refractivity contribution in [1.82, 2.24) is 6.15 Å². The van der Waals surface area contributed by atoms with E-state index in [1.807, 2.05) is 18.2 Å². The van der Waals surface area contributed by atoms with Crippen LogP contribution in [0.5, 0.6) is 17.2 Å². The molecule has 0 amide bonds. The van der Waals surface area contributed by atoms with Crippen molar-refractivity contribution in [3.63, 3.8) is 0 Å². The van der Waals surface area contributed by atoms with Gasteiger partial charge in [-0.1, -0.05) is 6.07 Å². The Morgan fingerprint density at radius 2 is 1.31 bits per heavy atom. The quantitative estimate of drug-likeness (QED) is 0.780. The van der Waals surface area contributed by atoms with Crippen LogP contribution in [0.25, 0.3) is 0 Å². The first-order valence-electron chi connectivity index (χ1n) is 3.58. The molecule has 0 saturated heterocycles. The SMILES string of the molecule is COc1cccc(OC)c1OC.N. The smallest absolute Gasteiger partial charge is 0.203 e. The van der Waals surface area contributed by atoms with Gasteiger partial charge < -0.3 is 20.4 Å². The second-order valence-corrected chi connectivity index (χ2v) is 2.20. The predicted molar refractivity (Wildman–Crippen MR) is 51.1 cm³/mol. The molecule has 0 aromatic heterocycles. The maximum Gasteiger partial charge on any atom is 0.203 e. The monoisotopic (exact) mass is 185 g/mol. The van der Waals surface area contributed by atoms with Gasteiger partial charge in [-0.15, -0.1) is 0 Å². The highest BCUT2D eigenvalue weighted by Gasteiger charge is 2.08. The number of rotatable bonds is 3. The molecule has 0 aliphatic rings. The number of hydrogen-bond acceptors (Lipinski definition) is 4. The topological polar surface area (TPSA) is 62.7 Å². The number of para-hydroxylation sites is 1. The third-order valence-corrected chi connectivity index (χ3v) is 1.59. The molecule has 0 heterocycles. The van der Waals surface area contributed by atoms with Crippen LogP contribution in [0.4, 0.5) is 0 Å². The van der Waals surface area contributed by atoms with Crippen molar-refractivity contribution in [1.29, 1.82) is 0 Å². The Bertz CT molecular complexity index is 241.